The molecule has 0 bridgehead atoms. The Hall–Kier alpha value is -4.34. The molecule has 0 atom stereocenters. The molecular formula is C22H22N6O4. The van der Waals surface area contributed by atoms with Gasteiger partial charge < -0.3 is 24.7 Å². The minimum absolute atomic E-state index is 0.0438. The van der Waals surface area contributed by atoms with E-state index in [0.717, 1.165) is 11.3 Å². The maximum absolute atomic E-state index is 11.7. The highest BCUT2D eigenvalue weighted by Crippen LogP contribution is 2.24. The van der Waals surface area contributed by atoms with Crippen LogP contribution in [0.4, 0.5) is 23.1 Å². The Kier molecular flexibility index (Phi) is 5.75. The zero-order chi connectivity index (χ0) is 22.7. The Morgan fingerprint density at radius 3 is 2.78 bits per heavy atom. The summed E-state index contributed by atoms with van der Waals surface area (Å²) in [7, 11) is 3.35. The van der Waals surface area contributed by atoms with E-state index in [2.05, 4.69) is 25.6 Å². The second-order valence-electron chi connectivity index (χ2n) is 7.31. The summed E-state index contributed by atoms with van der Waals surface area (Å²) in [6.07, 6.45) is 1.70. The molecule has 2 aromatic heterocycles. The van der Waals surface area contributed by atoms with Crippen LogP contribution in [0.1, 0.15) is 5.56 Å². The monoisotopic (exact) mass is 434 g/mol. The molecule has 0 fully saturated rings. The van der Waals surface area contributed by atoms with E-state index in [-0.39, 0.29) is 12.5 Å². The van der Waals surface area contributed by atoms with Crippen molar-refractivity contribution in [2.45, 2.75) is 6.92 Å². The first-order chi connectivity index (χ1) is 15.4. The molecule has 10 nitrogen and oxygen atoms in total. The average molecular weight is 434 g/mol. The van der Waals surface area contributed by atoms with E-state index in [1.165, 1.54) is 4.90 Å². The van der Waals surface area contributed by atoms with Crippen molar-refractivity contribution in [2.24, 2.45) is 0 Å². The maximum Gasteiger partial charge on any atom is 0.417 e. The number of benzene rings is 2. The van der Waals surface area contributed by atoms with Crippen molar-refractivity contribution in [2.75, 3.05) is 31.3 Å². The number of hydrogen-bond donors (Lipinski definition) is 3. The SMILES string of the molecule is Cc1cnc(Nc2cccc(OCC(=O)N(C)C)c2)nc1Nc1ccc2oc(=O)[nH]c2c1. The normalized spacial score (nSPS) is 10.7. The summed E-state index contributed by atoms with van der Waals surface area (Å²) < 4.78 is 10.6. The number of carbonyl (C=O) groups excluding carboxylic acids is 1. The van der Waals surface area contributed by atoms with Crippen molar-refractivity contribution in [3.05, 3.63) is 64.8 Å². The first-order valence-electron chi connectivity index (χ1n) is 9.81. The Morgan fingerprint density at radius 2 is 1.97 bits per heavy atom. The predicted octanol–water partition coefficient (Wildman–Crippen LogP) is 3.17. The molecule has 0 aliphatic rings. The number of nitrogens with one attached hydrogen (secondary N) is 3. The number of amides is 1. The standard InChI is InChI=1S/C22H22N6O4/c1-13-11-23-21(25-14-5-4-6-16(9-14)31-12-19(29)28(2)3)27-20(13)24-15-7-8-18-17(10-15)26-22(30)32-18/h4-11H,12H2,1-3H3,(H,26,30)(H2,23,24,25,27). The number of aryl methyl sites for hydroxylation is 1. The molecule has 10 heteroatoms. The van der Waals surface area contributed by atoms with E-state index >= 15 is 0 Å². The van der Waals surface area contributed by atoms with Crippen molar-refractivity contribution in [3.63, 3.8) is 0 Å². The third kappa shape index (κ3) is 4.86. The van der Waals surface area contributed by atoms with Gasteiger partial charge in [-0.1, -0.05) is 6.07 Å². The van der Waals surface area contributed by atoms with E-state index in [1.54, 1.807) is 50.6 Å². The second-order valence-corrected chi connectivity index (χ2v) is 7.31. The van der Waals surface area contributed by atoms with Gasteiger partial charge in [-0.25, -0.2) is 9.78 Å². The molecule has 3 N–H and O–H groups in total. The predicted molar refractivity (Wildman–Crippen MR) is 121 cm³/mol. The molecule has 1 amide bonds. The number of ether oxygens (including phenoxy) is 1. The molecule has 2 aromatic carbocycles. The smallest absolute Gasteiger partial charge is 0.417 e. The highest BCUT2D eigenvalue weighted by molar-refractivity contribution is 5.78. The quantitative estimate of drug-likeness (QED) is 0.405. The summed E-state index contributed by atoms with van der Waals surface area (Å²) in [5.74, 6) is 0.921. The van der Waals surface area contributed by atoms with Crippen LogP contribution in [0.5, 0.6) is 5.75 Å². The maximum atomic E-state index is 11.7. The Morgan fingerprint density at radius 1 is 1.16 bits per heavy atom. The van der Waals surface area contributed by atoms with Gasteiger partial charge in [0.2, 0.25) is 5.95 Å². The number of aromatic amines is 1. The van der Waals surface area contributed by atoms with Crippen LogP contribution in [-0.4, -0.2) is 46.5 Å². The number of nitrogens with zero attached hydrogens (tertiary/aromatic N) is 3. The number of oxazole rings is 1. The molecule has 0 unspecified atom stereocenters. The van der Waals surface area contributed by atoms with Crippen LogP contribution in [0, 0.1) is 6.92 Å². The van der Waals surface area contributed by atoms with Crippen molar-refractivity contribution >= 4 is 40.1 Å². The molecular weight excluding hydrogens is 412 g/mol. The van der Waals surface area contributed by atoms with Crippen molar-refractivity contribution in [3.8, 4) is 5.75 Å². The van der Waals surface area contributed by atoms with Crippen LogP contribution in [0.15, 0.2) is 57.9 Å². The van der Waals surface area contributed by atoms with Gasteiger partial charge in [0.15, 0.2) is 12.2 Å². The summed E-state index contributed by atoms with van der Waals surface area (Å²) in [4.78, 5) is 36.1. The lowest BCUT2D eigenvalue weighted by molar-refractivity contribution is -0.130. The van der Waals surface area contributed by atoms with Gasteiger partial charge in [0.25, 0.3) is 5.91 Å². The van der Waals surface area contributed by atoms with Gasteiger partial charge in [0, 0.05) is 43.3 Å². The van der Waals surface area contributed by atoms with Gasteiger partial charge in [-0.15, -0.1) is 0 Å². The minimum Gasteiger partial charge on any atom is -0.484 e. The lowest BCUT2D eigenvalue weighted by Gasteiger charge is -2.13. The molecule has 0 saturated heterocycles. The fraction of sp³-hybridized carbons (Fsp3) is 0.182. The summed E-state index contributed by atoms with van der Waals surface area (Å²) in [5, 5.41) is 6.37. The lowest BCUT2D eigenvalue weighted by Crippen LogP contribution is -2.27. The summed E-state index contributed by atoms with van der Waals surface area (Å²) in [5.41, 5.74) is 3.37. The molecule has 0 spiro atoms. The number of anilines is 4. The first kappa shape index (κ1) is 20.9. The van der Waals surface area contributed by atoms with E-state index < -0.39 is 5.76 Å². The van der Waals surface area contributed by atoms with Gasteiger partial charge in [-0.3, -0.25) is 9.78 Å². The van der Waals surface area contributed by atoms with E-state index in [1.807, 2.05) is 19.1 Å². The largest absolute Gasteiger partial charge is 0.484 e. The Balaban J connectivity index is 1.49. The molecule has 32 heavy (non-hydrogen) atoms. The van der Waals surface area contributed by atoms with Gasteiger partial charge in [0.05, 0.1) is 5.52 Å². The van der Waals surface area contributed by atoms with Crippen LogP contribution >= 0.6 is 0 Å². The first-order valence-corrected chi connectivity index (χ1v) is 9.81. The molecule has 2 heterocycles. The summed E-state index contributed by atoms with van der Waals surface area (Å²) >= 11 is 0. The van der Waals surface area contributed by atoms with E-state index in [0.29, 0.717) is 34.3 Å². The van der Waals surface area contributed by atoms with Crippen LogP contribution in [-0.2, 0) is 4.79 Å². The Bertz CT molecular complexity index is 1330. The topological polar surface area (TPSA) is 125 Å². The lowest BCUT2D eigenvalue weighted by atomic mass is 10.2. The summed E-state index contributed by atoms with van der Waals surface area (Å²) in [6.45, 7) is 1.85. The molecule has 0 saturated carbocycles. The van der Waals surface area contributed by atoms with Crippen LogP contribution in [0.2, 0.25) is 0 Å². The highest BCUT2D eigenvalue weighted by atomic mass is 16.5. The Labute approximate surface area is 183 Å². The number of likely N-dealkylation sites (N-methyl/N-ethyl adjacent to an activating group) is 1. The van der Waals surface area contributed by atoms with Crippen LogP contribution in [0.25, 0.3) is 11.1 Å². The number of fused-ring (bicyclic) bond motifs is 1. The third-order valence-corrected chi connectivity index (χ3v) is 4.60. The number of H-pyrrole nitrogens is 1. The van der Waals surface area contributed by atoms with Crippen LogP contribution < -0.4 is 21.1 Å². The fourth-order valence-electron chi connectivity index (χ4n) is 2.86. The minimum atomic E-state index is -0.501. The summed E-state index contributed by atoms with van der Waals surface area (Å²) in [6, 6.07) is 12.5. The van der Waals surface area contributed by atoms with Gasteiger partial charge in [-0.2, -0.15) is 4.98 Å². The van der Waals surface area contributed by atoms with Gasteiger partial charge in [-0.05, 0) is 37.3 Å². The van der Waals surface area contributed by atoms with Crippen molar-refractivity contribution in [1.29, 1.82) is 0 Å². The fourth-order valence-corrected chi connectivity index (χ4v) is 2.86. The van der Waals surface area contributed by atoms with Gasteiger partial charge in [0.1, 0.15) is 11.6 Å². The second kappa shape index (κ2) is 8.80. The number of rotatable bonds is 7. The van der Waals surface area contributed by atoms with Crippen molar-refractivity contribution in [1.82, 2.24) is 19.9 Å². The molecule has 0 aliphatic heterocycles. The average Bonchev–Trinajstić information content (AvgIpc) is 3.14. The number of carbonyl (C=O) groups is 1. The molecule has 0 aliphatic carbocycles. The third-order valence-electron chi connectivity index (χ3n) is 4.60. The van der Waals surface area contributed by atoms with Crippen molar-refractivity contribution < 1.29 is 13.9 Å². The van der Waals surface area contributed by atoms with Gasteiger partial charge >= 0.3 is 5.76 Å². The van der Waals surface area contributed by atoms with E-state index in [4.69, 9.17) is 9.15 Å². The molecule has 4 aromatic rings. The number of hydrogen-bond acceptors (Lipinski definition) is 8. The zero-order valence-electron chi connectivity index (χ0n) is 17.8. The van der Waals surface area contributed by atoms with E-state index in [9.17, 15) is 9.59 Å². The molecule has 4 rings (SSSR count). The highest BCUT2D eigenvalue weighted by Gasteiger charge is 2.09. The molecule has 0 radical (unpaired) electrons. The molecule has 164 valence electrons. The van der Waals surface area contributed by atoms with Crippen LogP contribution in [0.3, 0.4) is 0 Å². The number of aromatic nitrogens is 3. The zero-order valence-corrected chi connectivity index (χ0v) is 17.8.